The molecule has 0 bridgehead atoms. The number of thioether (sulfide) groups is 4. The number of nitrogens with zero attached hydrogens (tertiary/aromatic N) is 10. The van der Waals surface area contributed by atoms with Crippen LogP contribution in [0.4, 0.5) is 54.7 Å². The van der Waals surface area contributed by atoms with Crippen LogP contribution in [-0.2, 0) is 55.3 Å². The lowest BCUT2D eigenvalue weighted by Gasteiger charge is -2.36. The lowest BCUT2D eigenvalue weighted by molar-refractivity contribution is 0.0551. The minimum Gasteiger partial charge on any atom is -0.444 e. The van der Waals surface area contributed by atoms with E-state index in [-0.39, 0.29) is 76.8 Å². The van der Waals surface area contributed by atoms with E-state index in [1.807, 2.05) is 45.9 Å². The van der Waals surface area contributed by atoms with E-state index < -0.39 is 86.6 Å². The Kier molecular flexibility index (Phi) is 33.3. The predicted molar refractivity (Wildman–Crippen MR) is 512 cm³/mol. The largest absolute Gasteiger partial charge is 0.444 e. The number of pyridine rings is 3. The maximum absolute atomic E-state index is 15.5. The number of alkyl carbamates (subject to hydrolysis) is 3. The molecular weight excluding hydrogens is 1820 g/mol. The van der Waals surface area contributed by atoms with E-state index in [9.17, 15) is 33.2 Å². The summed E-state index contributed by atoms with van der Waals surface area (Å²) in [6.45, 7) is 25.9. The van der Waals surface area contributed by atoms with Crippen molar-refractivity contribution >= 4 is 126 Å². The molecule has 3 aromatic heterocycles. The Bertz CT molecular complexity index is 5610. The molecule has 135 heavy (non-hydrogen) atoms. The van der Waals surface area contributed by atoms with Crippen molar-refractivity contribution in [3.05, 3.63) is 207 Å². The van der Waals surface area contributed by atoms with E-state index in [0.29, 0.717) is 165 Å². The Labute approximate surface area is 798 Å². The fourth-order valence-corrected chi connectivity index (χ4v) is 22.3. The van der Waals surface area contributed by atoms with Crippen molar-refractivity contribution < 1.29 is 79.5 Å². The summed E-state index contributed by atoms with van der Waals surface area (Å²) in [4.78, 5) is 107. The third kappa shape index (κ3) is 25.5. The molecular formula is C96H110F4N18O13S4. The molecule has 4 aliphatic carbocycles. The number of aliphatic imine (C=N–C) groups is 4. The van der Waals surface area contributed by atoms with Crippen LogP contribution in [-0.4, -0.2) is 162 Å². The van der Waals surface area contributed by atoms with Crippen molar-refractivity contribution in [3.63, 3.8) is 0 Å². The summed E-state index contributed by atoms with van der Waals surface area (Å²) >= 11 is 5.70. The predicted octanol–water partition coefficient (Wildman–Crippen LogP) is 17.4. The number of nitrogens with two attached hydrogens (primary N) is 2. The maximum atomic E-state index is 15.5. The van der Waals surface area contributed by atoms with Gasteiger partial charge in [-0.25, -0.2) is 46.9 Å². The highest BCUT2D eigenvalue weighted by Crippen LogP contribution is 2.57. The number of fused-ring (bicyclic) bond motifs is 4. The Morgan fingerprint density at radius 2 is 0.652 bits per heavy atom. The first kappa shape index (κ1) is 102. The van der Waals surface area contributed by atoms with E-state index in [1.54, 1.807) is 92.6 Å². The van der Waals surface area contributed by atoms with Crippen LogP contribution in [0, 0.1) is 80.9 Å². The van der Waals surface area contributed by atoms with Crippen LogP contribution in [0.1, 0.15) is 212 Å². The molecule has 714 valence electrons. The van der Waals surface area contributed by atoms with Gasteiger partial charge in [-0.3, -0.25) is 50.3 Å². The lowest BCUT2D eigenvalue weighted by Crippen LogP contribution is -2.42. The quantitative estimate of drug-likeness (QED) is 0.0225. The number of rotatable bonds is 18. The fraction of sp³-hybridized carbons (Fsp3) is 0.458. The number of halogens is 4. The van der Waals surface area contributed by atoms with Crippen molar-refractivity contribution in [2.75, 3.05) is 71.1 Å². The summed E-state index contributed by atoms with van der Waals surface area (Å²) < 4.78 is 100. The van der Waals surface area contributed by atoms with Gasteiger partial charge in [0.05, 0.1) is 63.3 Å². The van der Waals surface area contributed by atoms with Crippen molar-refractivity contribution in [1.82, 2.24) is 30.9 Å². The minimum atomic E-state index is -0.993. The summed E-state index contributed by atoms with van der Waals surface area (Å²) in [6, 6.07) is 32.5. The molecule has 6 amide bonds. The van der Waals surface area contributed by atoms with Gasteiger partial charge in [0.15, 0.2) is 20.7 Å². The molecule has 0 spiro atoms. The molecule has 39 heteroatoms. The van der Waals surface area contributed by atoms with Crippen LogP contribution < -0.4 is 43.4 Å². The normalized spacial score (nSPS) is 24.0. The molecule has 10 N–H and O–H groups in total. The Morgan fingerprint density at radius 3 is 0.911 bits per heavy atom. The number of nitriles is 3. The second kappa shape index (κ2) is 43.9. The fourth-order valence-electron chi connectivity index (χ4n) is 17.8. The molecule has 4 aromatic carbocycles. The number of ether oxygens (including phenoxy) is 7. The molecule has 4 saturated carbocycles. The Hall–Kier alpha value is -11.7. The SMILES string of the molecule is CCO[C@H]1C[C@H]2CSC(N)=N[C@@]2(c2cc(NC(=O)c3ccc(C#N)cn3)ccc2F)C1.CCO[C@H]1C[C@H]2CSC(NC(=O)OC(C)(C)C)=N[C@@]2(c2cc(N)ccc2F)C1.CCO[C@H]1C[C@H]2CSC(NC(=O)OC(C)(C)C)=N[C@@]2(c2cc(NC(=O)c3ccc(C#N)cn3)ccc2F)C1.CCO[C@H]1C[C@H]2CSC(NC(=O)OC(C)(C)C)=N[C@@]2(c2cc(NC(=O)c3ccc(C#N)cn3)ccc2F)C1. The number of anilines is 4. The second-order valence-electron chi connectivity index (χ2n) is 36.2. The molecule has 0 saturated heterocycles. The average Bonchev–Trinajstić information content (AvgIpc) is 1.62. The van der Waals surface area contributed by atoms with Crippen LogP contribution >= 0.6 is 47.0 Å². The number of nitrogens with one attached hydrogen (secondary N) is 6. The van der Waals surface area contributed by atoms with Gasteiger partial charge < -0.3 is 60.6 Å². The molecule has 7 aromatic rings. The maximum Gasteiger partial charge on any atom is 0.413 e. The number of aromatic nitrogens is 3. The van der Waals surface area contributed by atoms with Gasteiger partial charge in [0.1, 0.15) is 75.4 Å². The summed E-state index contributed by atoms with van der Waals surface area (Å²) in [5.74, 6) is -0.365. The summed E-state index contributed by atoms with van der Waals surface area (Å²) in [5, 5.41) is 44.8. The summed E-state index contributed by atoms with van der Waals surface area (Å²) in [5.41, 5.74) is 11.0. The Morgan fingerprint density at radius 1 is 0.385 bits per heavy atom. The molecule has 4 aliphatic heterocycles. The number of amides is 6. The monoisotopic (exact) mass is 1930 g/mol. The second-order valence-corrected chi connectivity index (χ2v) is 40.3. The number of nitrogen functional groups attached to an aromatic ring is 1. The molecule has 15 rings (SSSR count). The van der Waals surface area contributed by atoms with E-state index in [2.05, 4.69) is 46.9 Å². The van der Waals surface area contributed by atoms with Crippen LogP contribution in [0.25, 0.3) is 0 Å². The van der Waals surface area contributed by atoms with Crippen LogP contribution in [0.15, 0.2) is 148 Å². The molecule has 12 atom stereocenters. The highest BCUT2D eigenvalue weighted by Gasteiger charge is 2.57. The summed E-state index contributed by atoms with van der Waals surface area (Å²) in [7, 11) is 0. The van der Waals surface area contributed by atoms with Gasteiger partial charge in [-0.2, -0.15) is 15.8 Å². The van der Waals surface area contributed by atoms with Crippen molar-refractivity contribution in [2.45, 2.75) is 205 Å². The zero-order chi connectivity index (χ0) is 97.5. The molecule has 31 nitrogen and oxygen atoms in total. The van der Waals surface area contributed by atoms with E-state index >= 15 is 13.2 Å². The number of hydrogen-bond acceptors (Lipinski definition) is 29. The first-order valence-corrected chi connectivity index (χ1v) is 48.2. The van der Waals surface area contributed by atoms with Gasteiger partial charge in [0, 0.05) is 162 Å². The van der Waals surface area contributed by atoms with Crippen molar-refractivity contribution in [1.29, 1.82) is 15.8 Å². The molecule has 7 heterocycles. The van der Waals surface area contributed by atoms with Crippen LogP contribution in [0.2, 0.25) is 0 Å². The van der Waals surface area contributed by atoms with Crippen LogP contribution in [0.5, 0.6) is 0 Å². The van der Waals surface area contributed by atoms with Gasteiger partial charge in [-0.05, 0) is 225 Å². The first-order valence-electron chi connectivity index (χ1n) is 44.2. The zero-order valence-electron chi connectivity index (χ0n) is 77.1. The Balaban J connectivity index is 0.000000163. The minimum absolute atomic E-state index is 0.0129. The van der Waals surface area contributed by atoms with Gasteiger partial charge >= 0.3 is 18.3 Å². The average molecular weight is 1930 g/mol. The molecule has 8 aliphatic rings. The van der Waals surface area contributed by atoms with E-state index in [0.717, 1.165) is 18.6 Å². The number of hydrogen-bond donors (Lipinski definition) is 8. The van der Waals surface area contributed by atoms with Crippen molar-refractivity contribution in [2.24, 2.45) is 49.4 Å². The van der Waals surface area contributed by atoms with Gasteiger partial charge in [0.25, 0.3) is 17.7 Å². The van der Waals surface area contributed by atoms with E-state index in [4.69, 9.17) is 80.4 Å². The van der Waals surface area contributed by atoms with E-state index in [1.165, 1.54) is 145 Å². The highest BCUT2D eigenvalue weighted by atomic mass is 32.2. The topological polar surface area (TPSA) is 451 Å². The van der Waals surface area contributed by atoms with Gasteiger partial charge in [0.2, 0.25) is 0 Å². The third-order valence-electron chi connectivity index (χ3n) is 23.3. The lowest BCUT2D eigenvalue weighted by atomic mass is 9.81. The van der Waals surface area contributed by atoms with Gasteiger partial charge in [-0.15, -0.1) is 0 Å². The standard InChI is InChI=1S/2C27H30FN5O4S.C22H22FN5O2S.C20H28FN3O3S/c2*1-5-36-19-10-17-15-38-24(32-25(35)37-26(2,3)4)33-27(17,12-19)20-11-18(7-8-21(20)28)31-23(34)22-9-6-16(13-29)14-30-22;1-2-30-16-7-14-12-31-21(25)28-22(14,9-16)17-8-15(4-5-18(17)23)27-20(29)19-6-3-13(10-24)11-26-19;1-5-26-14-8-12-11-28-17(23-18(25)27-19(2,3)4)24-20(12,10-14)15-9-13(22)6-7-16(15)21/h2*6-9,11,14,17,19H,5,10,12,15H2,1-4H3,(H,31,34)(H,32,33,35);3-6,8,11,14,16H,2,7,9,12H2,1H3,(H2,25,28)(H,27,29);6-7,9,12,14H,5,8,10-11,22H2,1-4H3,(H,23,24,25)/t2*17-,19-,27-;14-,16-,22-;12-,14-,20-/m0000/s1. The first-order chi connectivity index (χ1) is 64.1. The third-order valence-corrected chi connectivity index (χ3v) is 27.4. The summed E-state index contributed by atoms with van der Waals surface area (Å²) in [6.07, 6.45) is 6.73. The number of carbonyl (C=O) groups excluding carboxylic acids is 6. The molecule has 0 unspecified atom stereocenters. The smallest absolute Gasteiger partial charge is 0.413 e. The van der Waals surface area contributed by atoms with Crippen LogP contribution in [0.3, 0.4) is 0 Å². The number of amidine groups is 4. The number of carbonyl (C=O) groups is 6. The highest BCUT2D eigenvalue weighted by molar-refractivity contribution is 8.14. The molecule has 4 fully saturated rings. The van der Waals surface area contributed by atoms with Gasteiger partial charge in [-0.1, -0.05) is 47.0 Å². The molecule has 0 radical (unpaired) electrons. The number of benzene rings is 4. The zero-order valence-corrected chi connectivity index (χ0v) is 80.4. The van der Waals surface area contributed by atoms with Crippen molar-refractivity contribution in [3.8, 4) is 18.2 Å².